The number of aromatic nitrogens is 1. The number of piperidine rings is 1. The summed E-state index contributed by atoms with van der Waals surface area (Å²) in [7, 11) is 0. The molecule has 24 heavy (non-hydrogen) atoms. The number of nitrogens with zero attached hydrogens (tertiary/aromatic N) is 3. The summed E-state index contributed by atoms with van der Waals surface area (Å²) in [5.41, 5.74) is 1.11. The van der Waals surface area contributed by atoms with E-state index in [0.717, 1.165) is 36.3 Å². The van der Waals surface area contributed by atoms with E-state index < -0.39 is 0 Å². The van der Waals surface area contributed by atoms with Crippen LogP contribution in [0, 0.1) is 13.8 Å². The van der Waals surface area contributed by atoms with Gasteiger partial charge in [-0.1, -0.05) is 6.42 Å². The molecule has 138 valence electrons. The fraction of sp³-hybridized carbons (Fsp3) is 0.765. The Kier molecular flexibility index (Phi) is 10.1. The molecule has 2 heterocycles. The molecule has 1 aromatic rings. The average Bonchev–Trinajstić information content (AvgIpc) is 2.84. The maximum Gasteiger partial charge on any atom is 0.191 e. The molecule has 7 heteroatoms. The summed E-state index contributed by atoms with van der Waals surface area (Å²) >= 11 is 1.74. The highest BCUT2D eigenvalue weighted by atomic mass is 127. The smallest absolute Gasteiger partial charge is 0.191 e. The van der Waals surface area contributed by atoms with E-state index in [4.69, 9.17) is 4.99 Å². The maximum absolute atomic E-state index is 4.71. The highest BCUT2D eigenvalue weighted by Crippen LogP contribution is 2.18. The Hall–Kier alpha value is -0.410. The fourth-order valence-corrected chi connectivity index (χ4v) is 3.88. The van der Waals surface area contributed by atoms with Crippen LogP contribution in [0.3, 0.4) is 0 Å². The average molecular weight is 465 g/mol. The largest absolute Gasteiger partial charge is 0.357 e. The molecule has 1 saturated heterocycles. The number of aryl methyl sites for hydroxylation is 2. The van der Waals surface area contributed by atoms with Crippen molar-refractivity contribution in [3.8, 4) is 0 Å². The molecule has 0 radical (unpaired) electrons. The van der Waals surface area contributed by atoms with Crippen LogP contribution in [0.25, 0.3) is 0 Å². The Labute approximate surface area is 167 Å². The molecule has 2 rings (SSSR count). The van der Waals surface area contributed by atoms with E-state index >= 15 is 0 Å². The SMILES string of the molecule is CCNC(=NCc1sc(C)nc1C)NCCN1CCCCC1C.I. The Bertz CT molecular complexity index is 517. The van der Waals surface area contributed by atoms with E-state index in [1.165, 1.54) is 30.7 Å². The first-order valence-electron chi connectivity index (χ1n) is 8.79. The molecule has 0 spiro atoms. The van der Waals surface area contributed by atoms with Crippen molar-refractivity contribution >= 4 is 41.3 Å². The second-order valence-electron chi connectivity index (χ2n) is 6.24. The van der Waals surface area contributed by atoms with Gasteiger partial charge < -0.3 is 10.6 Å². The van der Waals surface area contributed by atoms with Gasteiger partial charge in [-0.15, -0.1) is 35.3 Å². The standard InChI is InChI=1S/C17H31N5S.HI/c1-5-18-17(20-12-16-14(3)21-15(4)23-16)19-9-11-22-10-7-6-8-13(22)2;/h13H,5-12H2,1-4H3,(H2,18,19,20);1H. The third-order valence-corrected chi connectivity index (χ3v) is 5.41. The van der Waals surface area contributed by atoms with Crippen molar-refractivity contribution in [1.82, 2.24) is 20.5 Å². The molecule has 1 unspecified atom stereocenters. The van der Waals surface area contributed by atoms with Crippen molar-refractivity contribution in [2.24, 2.45) is 4.99 Å². The Morgan fingerprint density at radius 3 is 2.75 bits per heavy atom. The summed E-state index contributed by atoms with van der Waals surface area (Å²) in [4.78, 5) is 13.0. The minimum absolute atomic E-state index is 0. The van der Waals surface area contributed by atoms with Gasteiger partial charge in [0.15, 0.2) is 5.96 Å². The molecule has 1 atom stereocenters. The normalized spacial score (nSPS) is 19.0. The molecule has 0 amide bonds. The summed E-state index contributed by atoms with van der Waals surface area (Å²) in [6, 6.07) is 0.716. The number of hydrogen-bond acceptors (Lipinski definition) is 4. The Morgan fingerprint density at radius 2 is 2.12 bits per heavy atom. The van der Waals surface area contributed by atoms with Gasteiger partial charge in [0.2, 0.25) is 0 Å². The van der Waals surface area contributed by atoms with E-state index in [1.807, 2.05) is 6.92 Å². The molecule has 1 aliphatic rings. The quantitative estimate of drug-likeness (QED) is 0.385. The zero-order valence-electron chi connectivity index (χ0n) is 15.4. The van der Waals surface area contributed by atoms with Crippen molar-refractivity contribution in [3.05, 3.63) is 15.6 Å². The van der Waals surface area contributed by atoms with Gasteiger partial charge in [-0.25, -0.2) is 9.98 Å². The summed E-state index contributed by atoms with van der Waals surface area (Å²) < 4.78 is 0. The zero-order chi connectivity index (χ0) is 16.7. The summed E-state index contributed by atoms with van der Waals surface area (Å²) in [6.45, 7) is 13.4. The number of guanidine groups is 1. The third kappa shape index (κ3) is 6.84. The molecule has 5 nitrogen and oxygen atoms in total. The van der Waals surface area contributed by atoms with Crippen molar-refractivity contribution in [3.63, 3.8) is 0 Å². The molecule has 0 bridgehead atoms. The van der Waals surface area contributed by atoms with Gasteiger partial charge in [0, 0.05) is 30.6 Å². The van der Waals surface area contributed by atoms with Crippen LogP contribution in [0.15, 0.2) is 4.99 Å². The highest BCUT2D eigenvalue weighted by Gasteiger charge is 2.17. The number of halogens is 1. The maximum atomic E-state index is 4.71. The number of thiazole rings is 1. The van der Waals surface area contributed by atoms with Crippen LogP contribution in [-0.4, -0.2) is 48.1 Å². The molecule has 1 fully saturated rings. The molecule has 0 saturated carbocycles. The number of aliphatic imine (C=N–C) groups is 1. The van der Waals surface area contributed by atoms with E-state index in [-0.39, 0.29) is 24.0 Å². The van der Waals surface area contributed by atoms with Crippen LogP contribution in [0.4, 0.5) is 0 Å². The van der Waals surface area contributed by atoms with Gasteiger partial charge in [-0.2, -0.15) is 0 Å². The summed E-state index contributed by atoms with van der Waals surface area (Å²) in [6.07, 6.45) is 4.05. The van der Waals surface area contributed by atoms with Crippen LogP contribution in [0.1, 0.15) is 48.7 Å². The highest BCUT2D eigenvalue weighted by molar-refractivity contribution is 14.0. The lowest BCUT2D eigenvalue weighted by atomic mass is 10.0. The lowest BCUT2D eigenvalue weighted by Gasteiger charge is -2.33. The topological polar surface area (TPSA) is 52.6 Å². The van der Waals surface area contributed by atoms with Gasteiger partial charge in [0.25, 0.3) is 0 Å². The van der Waals surface area contributed by atoms with Gasteiger partial charge in [0.1, 0.15) is 0 Å². The molecule has 0 aliphatic carbocycles. The fourth-order valence-electron chi connectivity index (χ4n) is 3.02. The third-order valence-electron chi connectivity index (χ3n) is 4.36. The van der Waals surface area contributed by atoms with Gasteiger partial charge in [-0.05, 0) is 47.1 Å². The molecule has 1 aliphatic heterocycles. The molecule has 0 aromatic carbocycles. The number of hydrogen-bond donors (Lipinski definition) is 2. The van der Waals surface area contributed by atoms with E-state index in [1.54, 1.807) is 11.3 Å². The Balaban J connectivity index is 0.00000288. The first kappa shape index (κ1) is 21.6. The lowest BCUT2D eigenvalue weighted by molar-refractivity contribution is 0.163. The van der Waals surface area contributed by atoms with Gasteiger partial charge in [-0.3, -0.25) is 4.90 Å². The van der Waals surface area contributed by atoms with E-state index in [9.17, 15) is 0 Å². The zero-order valence-corrected chi connectivity index (χ0v) is 18.5. The monoisotopic (exact) mass is 465 g/mol. The first-order valence-corrected chi connectivity index (χ1v) is 9.61. The number of rotatable bonds is 6. The van der Waals surface area contributed by atoms with Crippen molar-refractivity contribution in [2.45, 2.75) is 59.5 Å². The minimum atomic E-state index is 0. The second kappa shape index (κ2) is 11.3. The van der Waals surface area contributed by atoms with Crippen LogP contribution in [-0.2, 0) is 6.54 Å². The number of likely N-dealkylation sites (tertiary alicyclic amines) is 1. The van der Waals surface area contributed by atoms with Crippen molar-refractivity contribution < 1.29 is 0 Å². The van der Waals surface area contributed by atoms with Crippen molar-refractivity contribution in [1.29, 1.82) is 0 Å². The predicted molar refractivity (Wildman–Crippen MR) is 115 cm³/mol. The predicted octanol–water partition coefficient (Wildman–Crippen LogP) is 3.31. The molecule has 1 aromatic heterocycles. The summed E-state index contributed by atoms with van der Waals surface area (Å²) in [5.74, 6) is 0.905. The van der Waals surface area contributed by atoms with E-state index in [0.29, 0.717) is 12.6 Å². The molecular weight excluding hydrogens is 433 g/mol. The molecular formula is C17H32IN5S. The Morgan fingerprint density at radius 1 is 1.33 bits per heavy atom. The number of nitrogens with one attached hydrogen (secondary N) is 2. The minimum Gasteiger partial charge on any atom is -0.357 e. The molecule has 2 N–H and O–H groups in total. The van der Waals surface area contributed by atoms with Gasteiger partial charge >= 0.3 is 0 Å². The van der Waals surface area contributed by atoms with Gasteiger partial charge in [0.05, 0.1) is 17.2 Å². The first-order chi connectivity index (χ1) is 11.1. The van der Waals surface area contributed by atoms with Crippen LogP contribution >= 0.6 is 35.3 Å². The van der Waals surface area contributed by atoms with Crippen LogP contribution in [0.5, 0.6) is 0 Å². The van der Waals surface area contributed by atoms with E-state index in [2.05, 4.69) is 41.3 Å². The second-order valence-corrected chi connectivity index (χ2v) is 7.53. The summed E-state index contributed by atoms with van der Waals surface area (Å²) in [5, 5.41) is 7.91. The van der Waals surface area contributed by atoms with Crippen LogP contribution < -0.4 is 10.6 Å². The van der Waals surface area contributed by atoms with Crippen molar-refractivity contribution in [2.75, 3.05) is 26.2 Å². The van der Waals surface area contributed by atoms with Crippen LogP contribution in [0.2, 0.25) is 0 Å². The lowest BCUT2D eigenvalue weighted by Crippen LogP contribution is -2.45.